The van der Waals surface area contributed by atoms with Crippen LogP contribution in [0, 0.1) is 5.92 Å². The third kappa shape index (κ3) is 3.12. The number of hydrogen-bond donors (Lipinski definition) is 1. The number of nitrogens with zero attached hydrogens (tertiary/aromatic N) is 1. The summed E-state index contributed by atoms with van der Waals surface area (Å²) in [6.07, 6.45) is 0.543. The van der Waals surface area contributed by atoms with Gasteiger partial charge in [-0.3, -0.25) is 4.90 Å². The van der Waals surface area contributed by atoms with Crippen LogP contribution in [0.4, 0.5) is 13.2 Å². The molecule has 1 aliphatic heterocycles. The van der Waals surface area contributed by atoms with Crippen LogP contribution in [0.1, 0.15) is 42.6 Å². The van der Waals surface area contributed by atoms with Gasteiger partial charge in [-0.15, -0.1) is 0 Å². The zero-order chi connectivity index (χ0) is 17.6. The first-order valence-electron chi connectivity index (χ1n) is 8.97. The summed E-state index contributed by atoms with van der Waals surface area (Å²) in [7, 11) is 0. The molecule has 0 spiro atoms. The second-order valence-electron chi connectivity index (χ2n) is 7.26. The molecule has 0 bridgehead atoms. The maximum atomic E-state index is 13.1. The lowest BCUT2D eigenvalue weighted by Crippen LogP contribution is -2.41. The summed E-state index contributed by atoms with van der Waals surface area (Å²) in [5.74, 6) is -0.156. The van der Waals surface area contributed by atoms with Gasteiger partial charge < -0.3 is 9.52 Å². The van der Waals surface area contributed by atoms with E-state index in [1.54, 1.807) is 12.1 Å². The SMILES string of the molecule is Oc1ccc2oc3c(c2c1CN1CCC[C@@H](C(F)(F)F)C1)CCCC3. The van der Waals surface area contributed by atoms with E-state index in [-0.39, 0.29) is 18.7 Å². The number of alkyl halides is 3. The maximum Gasteiger partial charge on any atom is 0.393 e. The van der Waals surface area contributed by atoms with E-state index in [9.17, 15) is 18.3 Å². The van der Waals surface area contributed by atoms with Crippen LogP contribution in [-0.2, 0) is 19.4 Å². The fourth-order valence-corrected chi connectivity index (χ4v) is 4.27. The molecule has 0 saturated carbocycles. The largest absolute Gasteiger partial charge is 0.508 e. The number of hydrogen-bond acceptors (Lipinski definition) is 3. The van der Waals surface area contributed by atoms with Gasteiger partial charge in [0.1, 0.15) is 17.1 Å². The van der Waals surface area contributed by atoms with Crippen molar-refractivity contribution in [2.75, 3.05) is 13.1 Å². The predicted molar refractivity (Wildman–Crippen MR) is 88.6 cm³/mol. The molecule has 1 N–H and O–H groups in total. The van der Waals surface area contributed by atoms with Crippen molar-refractivity contribution in [1.29, 1.82) is 0 Å². The van der Waals surface area contributed by atoms with Gasteiger partial charge >= 0.3 is 6.18 Å². The Bertz CT molecular complexity index is 781. The fraction of sp³-hybridized carbons (Fsp3) is 0.579. The fourth-order valence-electron chi connectivity index (χ4n) is 4.27. The van der Waals surface area contributed by atoms with Crippen molar-refractivity contribution in [2.24, 2.45) is 5.92 Å². The van der Waals surface area contributed by atoms with Gasteiger partial charge in [0.25, 0.3) is 0 Å². The lowest BCUT2D eigenvalue weighted by atomic mass is 9.92. The van der Waals surface area contributed by atoms with Crippen LogP contribution in [0.15, 0.2) is 16.5 Å². The molecule has 3 nitrogen and oxygen atoms in total. The molecule has 6 heteroatoms. The normalized spacial score (nSPS) is 22.3. The summed E-state index contributed by atoms with van der Waals surface area (Å²) in [6.45, 7) is 0.962. The van der Waals surface area contributed by atoms with Crippen molar-refractivity contribution in [2.45, 2.75) is 51.2 Å². The Labute approximate surface area is 144 Å². The van der Waals surface area contributed by atoms with E-state index in [4.69, 9.17) is 4.42 Å². The number of aromatic hydroxyl groups is 1. The van der Waals surface area contributed by atoms with Gasteiger partial charge in [-0.2, -0.15) is 13.2 Å². The van der Waals surface area contributed by atoms with Crippen LogP contribution in [-0.4, -0.2) is 29.3 Å². The molecule has 1 atom stereocenters. The average molecular weight is 353 g/mol. The van der Waals surface area contributed by atoms with Crippen molar-refractivity contribution in [1.82, 2.24) is 4.90 Å². The van der Waals surface area contributed by atoms with Gasteiger partial charge in [0, 0.05) is 36.0 Å². The van der Waals surface area contributed by atoms with Crippen LogP contribution in [0.2, 0.25) is 0 Å². The Morgan fingerprint density at radius 2 is 1.96 bits per heavy atom. The number of phenols is 1. The Morgan fingerprint density at radius 3 is 2.76 bits per heavy atom. The number of aryl methyl sites for hydroxylation is 2. The number of fused-ring (bicyclic) bond motifs is 3. The van der Waals surface area contributed by atoms with E-state index < -0.39 is 12.1 Å². The first-order valence-corrected chi connectivity index (χ1v) is 8.97. The summed E-state index contributed by atoms with van der Waals surface area (Å²) >= 11 is 0. The summed E-state index contributed by atoms with van der Waals surface area (Å²) in [6, 6.07) is 3.36. The Morgan fingerprint density at radius 1 is 1.16 bits per heavy atom. The lowest BCUT2D eigenvalue weighted by molar-refractivity contribution is -0.187. The molecule has 2 heterocycles. The number of piperidine rings is 1. The molecule has 1 aliphatic carbocycles. The summed E-state index contributed by atoms with van der Waals surface area (Å²) in [4.78, 5) is 1.82. The number of likely N-dealkylation sites (tertiary alicyclic amines) is 1. The minimum Gasteiger partial charge on any atom is -0.508 e. The molecule has 0 radical (unpaired) electrons. The number of benzene rings is 1. The molecular weight excluding hydrogens is 331 g/mol. The van der Waals surface area contributed by atoms with E-state index in [2.05, 4.69) is 0 Å². The second kappa shape index (κ2) is 6.24. The standard InChI is InChI=1S/C19H22F3NO2/c20-19(21,22)12-4-3-9-23(10-12)11-14-15(24)7-8-17-18(14)13-5-1-2-6-16(13)25-17/h7-8,12,24H,1-6,9-11H2/t12-/m1/s1. The van der Waals surface area contributed by atoms with Gasteiger partial charge in [0.15, 0.2) is 0 Å². The number of halogens is 3. The van der Waals surface area contributed by atoms with Crippen molar-refractivity contribution >= 4 is 11.0 Å². The van der Waals surface area contributed by atoms with Crippen LogP contribution in [0.3, 0.4) is 0 Å². The molecule has 2 aliphatic rings. The van der Waals surface area contributed by atoms with Crippen molar-refractivity contribution in [3.05, 3.63) is 29.0 Å². The van der Waals surface area contributed by atoms with Crippen LogP contribution < -0.4 is 0 Å². The maximum absolute atomic E-state index is 13.1. The molecule has 1 aromatic heterocycles. The smallest absolute Gasteiger partial charge is 0.393 e. The van der Waals surface area contributed by atoms with Gasteiger partial charge in [0.05, 0.1) is 5.92 Å². The second-order valence-corrected chi connectivity index (χ2v) is 7.26. The van der Waals surface area contributed by atoms with Gasteiger partial charge in [-0.25, -0.2) is 0 Å². The molecule has 4 rings (SSSR count). The van der Waals surface area contributed by atoms with E-state index >= 15 is 0 Å². The van der Waals surface area contributed by atoms with Crippen molar-refractivity contribution in [3.63, 3.8) is 0 Å². The Balaban J connectivity index is 1.67. The Hall–Kier alpha value is -1.69. The highest BCUT2D eigenvalue weighted by Crippen LogP contribution is 2.39. The highest BCUT2D eigenvalue weighted by atomic mass is 19.4. The van der Waals surface area contributed by atoms with Crippen LogP contribution in [0.25, 0.3) is 11.0 Å². The molecule has 1 saturated heterocycles. The van der Waals surface area contributed by atoms with Crippen molar-refractivity contribution < 1.29 is 22.7 Å². The number of rotatable bonds is 2. The zero-order valence-electron chi connectivity index (χ0n) is 14.0. The first kappa shape index (κ1) is 16.8. The van der Waals surface area contributed by atoms with E-state index in [0.29, 0.717) is 25.1 Å². The highest BCUT2D eigenvalue weighted by Gasteiger charge is 2.41. The monoisotopic (exact) mass is 353 g/mol. The molecule has 1 aromatic carbocycles. The van der Waals surface area contributed by atoms with Crippen LogP contribution in [0.5, 0.6) is 5.75 Å². The first-order chi connectivity index (χ1) is 11.9. The number of furan rings is 1. The third-order valence-electron chi connectivity index (χ3n) is 5.55. The molecule has 2 aromatic rings. The van der Waals surface area contributed by atoms with Crippen LogP contribution >= 0.6 is 0 Å². The molecule has 0 unspecified atom stereocenters. The lowest BCUT2D eigenvalue weighted by Gasteiger charge is -2.34. The van der Waals surface area contributed by atoms with E-state index in [0.717, 1.165) is 48.0 Å². The summed E-state index contributed by atoms with van der Waals surface area (Å²) in [5.41, 5.74) is 2.59. The zero-order valence-corrected chi connectivity index (χ0v) is 14.0. The van der Waals surface area contributed by atoms with Gasteiger partial charge in [-0.1, -0.05) is 0 Å². The Kier molecular flexibility index (Phi) is 4.18. The quantitative estimate of drug-likeness (QED) is 0.843. The summed E-state index contributed by atoms with van der Waals surface area (Å²) < 4.78 is 45.2. The minimum absolute atomic E-state index is 0.000625. The molecule has 1 fully saturated rings. The number of phenolic OH excluding ortho intramolecular Hbond substituents is 1. The predicted octanol–water partition coefficient (Wildman–Crippen LogP) is 4.79. The van der Waals surface area contributed by atoms with Gasteiger partial charge in [-0.05, 0) is 50.8 Å². The summed E-state index contributed by atoms with van der Waals surface area (Å²) in [5, 5.41) is 11.3. The highest BCUT2D eigenvalue weighted by molar-refractivity contribution is 5.88. The molecule has 25 heavy (non-hydrogen) atoms. The molecule has 136 valence electrons. The average Bonchev–Trinajstić information content (AvgIpc) is 2.96. The van der Waals surface area contributed by atoms with Crippen molar-refractivity contribution in [3.8, 4) is 5.75 Å². The van der Waals surface area contributed by atoms with E-state index in [1.165, 1.54) is 0 Å². The third-order valence-corrected chi connectivity index (χ3v) is 5.55. The molecule has 0 amide bonds. The molecular formula is C19H22F3NO2. The van der Waals surface area contributed by atoms with E-state index in [1.807, 2.05) is 4.90 Å². The minimum atomic E-state index is -4.15. The topological polar surface area (TPSA) is 36.6 Å². The van der Waals surface area contributed by atoms with Gasteiger partial charge in [0.2, 0.25) is 0 Å².